The molecule has 0 bridgehead atoms. The Morgan fingerprint density at radius 2 is 2.18 bits per heavy atom. The molecule has 0 spiro atoms. The lowest BCUT2D eigenvalue weighted by atomic mass is 10.2. The first-order valence-electron chi connectivity index (χ1n) is 4.99. The fourth-order valence-corrected chi connectivity index (χ4v) is 1.88. The number of ether oxygens (including phenoxy) is 1. The van der Waals surface area contributed by atoms with Crippen molar-refractivity contribution in [3.8, 4) is 17.7 Å². The lowest BCUT2D eigenvalue weighted by molar-refractivity contribution is 0.459. The van der Waals surface area contributed by atoms with Crippen molar-refractivity contribution in [2.75, 3.05) is 0 Å². The Bertz CT molecular complexity index is 590. The van der Waals surface area contributed by atoms with E-state index in [2.05, 4.69) is 27.0 Å². The van der Waals surface area contributed by atoms with Crippen molar-refractivity contribution in [3.63, 3.8) is 0 Å². The van der Waals surface area contributed by atoms with Crippen LogP contribution in [0.5, 0.6) is 11.6 Å². The summed E-state index contributed by atoms with van der Waals surface area (Å²) in [6.45, 7) is 1.96. The van der Waals surface area contributed by atoms with Gasteiger partial charge in [0, 0.05) is 6.20 Å². The average molecular weight is 289 g/mol. The lowest BCUT2D eigenvalue weighted by Gasteiger charge is -2.07. The molecule has 0 N–H and O–H groups in total. The van der Waals surface area contributed by atoms with Crippen molar-refractivity contribution in [2.45, 2.75) is 6.92 Å². The zero-order chi connectivity index (χ0) is 12.3. The Labute approximate surface area is 108 Å². The van der Waals surface area contributed by atoms with Gasteiger partial charge in [0.2, 0.25) is 5.88 Å². The molecule has 0 aliphatic carbocycles. The fraction of sp³-hybridized carbons (Fsp3) is 0.0769. The molecule has 0 fully saturated rings. The summed E-state index contributed by atoms with van der Waals surface area (Å²) in [6, 6.07) is 11.0. The van der Waals surface area contributed by atoms with E-state index in [1.165, 1.54) is 0 Å². The summed E-state index contributed by atoms with van der Waals surface area (Å²) in [7, 11) is 0. The number of hydrogen-bond donors (Lipinski definition) is 0. The number of nitrogens with zero attached hydrogens (tertiary/aromatic N) is 2. The van der Waals surface area contributed by atoms with Gasteiger partial charge in [0.25, 0.3) is 0 Å². The largest absolute Gasteiger partial charge is 0.438 e. The SMILES string of the molecule is Cc1cnc(Oc2cccc(C#N)c2)c(Br)c1. The van der Waals surface area contributed by atoms with Crippen LogP contribution < -0.4 is 4.74 Å². The molecule has 0 aliphatic rings. The van der Waals surface area contributed by atoms with Crippen molar-refractivity contribution < 1.29 is 4.74 Å². The molecule has 0 aliphatic heterocycles. The Kier molecular flexibility index (Phi) is 3.40. The van der Waals surface area contributed by atoms with Gasteiger partial charge in [-0.05, 0) is 52.7 Å². The summed E-state index contributed by atoms with van der Waals surface area (Å²) in [5.74, 6) is 1.09. The van der Waals surface area contributed by atoms with Gasteiger partial charge in [0.15, 0.2) is 0 Å². The van der Waals surface area contributed by atoms with Crippen molar-refractivity contribution in [1.29, 1.82) is 5.26 Å². The third-order valence-electron chi connectivity index (χ3n) is 2.12. The highest BCUT2D eigenvalue weighted by Gasteiger charge is 2.05. The minimum atomic E-state index is 0.491. The smallest absolute Gasteiger partial charge is 0.233 e. The van der Waals surface area contributed by atoms with Gasteiger partial charge in [-0.3, -0.25) is 0 Å². The molecule has 4 heteroatoms. The van der Waals surface area contributed by atoms with Crippen LogP contribution in [0.25, 0.3) is 0 Å². The molecule has 0 atom stereocenters. The Balaban J connectivity index is 2.28. The first kappa shape index (κ1) is 11.6. The van der Waals surface area contributed by atoms with Crippen LogP contribution in [-0.4, -0.2) is 4.98 Å². The van der Waals surface area contributed by atoms with Gasteiger partial charge in [-0.25, -0.2) is 4.98 Å². The molecule has 0 radical (unpaired) electrons. The van der Waals surface area contributed by atoms with Crippen LogP contribution in [0.2, 0.25) is 0 Å². The molecule has 84 valence electrons. The monoisotopic (exact) mass is 288 g/mol. The van der Waals surface area contributed by atoms with Crippen LogP contribution in [0.15, 0.2) is 41.0 Å². The first-order chi connectivity index (χ1) is 8.19. The normalized spacial score (nSPS) is 9.71. The van der Waals surface area contributed by atoms with Crippen molar-refractivity contribution >= 4 is 15.9 Å². The molecule has 3 nitrogen and oxygen atoms in total. The van der Waals surface area contributed by atoms with E-state index in [4.69, 9.17) is 10.00 Å². The zero-order valence-electron chi connectivity index (χ0n) is 9.14. The van der Waals surface area contributed by atoms with Crippen LogP contribution in [-0.2, 0) is 0 Å². The third kappa shape index (κ3) is 2.83. The van der Waals surface area contributed by atoms with Crippen LogP contribution in [0.3, 0.4) is 0 Å². The number of pyridine rings is 1. The van der Waals surface area contributed by atoms with Gasteiger partial charge in [-0.15, -0.1) is 0 Å². The Morgan fingerprint density at radius 3 is 2.88 bits per heavy atom. The van der Waals surface area contributed by atoms with E-state index in [9.17, 15) is 0 Å². The zero-order valence-corrected chi connectivity index (χ0v) is 10.7. The van der Waals surface area contributed by atoms with Gasteiger partial charge in [-0.2, -0.15) is 5.26 Å². The maximum Gasteiger partial charge on any atom is 0.233 e. The number of halogens is 1. The second kappa shape index (κ2) is 4.98. The number of nitriles is 1. The van der Waals surface area contributed by atoms with Crippen LogP contribution in [0.4, 0.5) is 0 Å². The summed E-state index contributed by atoms with van der Waals surface area (Å²) in [6.07, 6.45) is 1.73. The molecule has 1 heterocycles. The van der Waals surface area contributed by atoms with E-state index in [0.717, 1.165) is 10.0 Å². The van der Waals surface area contributed by atoms with E-state index in [1.54, 1.807) is 30.5 Å². The minimum absolute atomic E-state index is 0.491. The number of benzene rings is 1. The maximum atomic E-state index is 8.79. The number of aromatic nitrogens is 1. The number of rotatable bonds is 2. The number of hydrogen-bond acceptors (Lipinski definition) is 3. The van der Waals surface area contributed by atoms with Gasteiger partial charge >= 0.3 is 0 Å². The molecular formula is C13H9BrN2O. The van der Waals surface area contributed by atoms with Gasteiger partial charge in [0.1, 0.15) is 5.75 Å². The van der Waals surface area contributed by atoms with E-state index in [-0.39, 0.29) is 0 Å². The lowest BCUT2D eigenvalue weighted by Crippen LogP contribution is -1.90. The Morgan fingerprint density at radius 1 is 1.35 bits per heavy atom. The van der Waals surface area contributed by atoms with E-state index >= 15 is 0 Å². The summed E-state index contributed by atoms with van der Waals surface area (Å²) in [5.41, 5.74) is 1.61. The van der Waals surface area contributed by atoms with E-state index in [1.807, 2.05) is 13.0 Å². The maximum absolute atomic E-state index is 8.79. The van der Waals surface area contributed by atoms with E-state index < -0.39 is 0 Å². The van der Waals surface area contributed by atoms with Crippen molar-refractivity contribution in [2.24, 2.45) is 0 Å². The topological polar surface area (TPSA) is 45.9 Å². The van der Waals surface area contributed by atoms with Gasteiger partial charge in [0.05, 0.1) is 16.1 Å². The summed E-state index contributed by atoms with van der Waals surface area (Å²) < 4.78 is 6.39. The number of aryl methyl sites for hydroxylation is 1. The second-order valence-corrected chi connectivity index (χ2v) is 4.40. The van der Waals surface area contributed by atoms with E-state index in [0.29, 0.717) is 17.2 Å². The van der Waals surface area contributed by atoms with Crippen molar-refractivity contribution in [1.82, 2.24) is 4.98 Å². The van der Waals surface area contributed by atoms with Gasteiger partial charge in [-0.1, -0.05) is 6.07 Å². The summed E-state index contributed by atoms with van der Waals surface area (Å²) in [4.78, 5) is 4.18. The highest BCUT2D eigenvalue weighted by atomic mass is 79.9. The highest BCUT2D eigenvalue weighted by Crippen LogP contribution is 2.28. The molecule has 1 aromatic carbocycles. The predicted molar refractivity (Wildman–Crippen MR) is 67.9 cm³/mol. The first-order valence-corrected chi connectivity index (χ1v) is 5.78. The van der Waals surface area contributed by atoms with Crippen LogP contribution in [0, 0.1) is 18.3 Å². The molecule has 2 aromatic rings. The van der Waals surface area contributed by atoms with Crippen LogP contribution in [0.1, 0.15) is 11.1 Å². The molecule has 0 saturated carbocycles. The third-order valence-corrected chi connectivity index (χ3v) is 2.69. The fourth-order valence-electron chi connectivity index (χ4n) is 1.34. The molecule has 0 amide bonds. The highest BCUT2D eigenvalue weighted by molar-refractivity contribution is 9.10. The molecule has 0 saturated heterocycles. The summed E-state index contributed by atoms with van der Waals surface area (Å²) >= 11 is 3.39. The Hall–Kier alpha value is -1.86. The predicted octanol–water partition coefficient (Wildman–Crippen LogP) is 3.82. The second-order valence-electron chi connectivity index (χ2n) is 3.54. The van der Waals surface area contributed by atoms with Crippen LogP contribution >= 0.6 is 15.9 Å². The van der Waals surface area contributed by atoms with Gasteiger partial charge < -0.3 is 4.74 Å². The molecular weight excluding hydrogens is 280 g/mol. The average Bonchev–Trinajstić information content (AvgIpc) is 2.33. The minimum Gasteiger partial charge on any atom is -0.438 e. The quantitative estimate of drug-likeness (QED) is 0.844. The molecule has 17 heavy (non-hydrogen) atoms. The van der Waals surface area contributed by atoms with Crippen molar-refractivity contribution in [3.05, 3.63) is 52.1 Å². The molecule has 0 unspecified atom stereocenters. The molecule has 1 aromatic heterocycles. The standard InChI is InChI=1S/C13H9BrN2O/c1-9-5-12(14)13(16-8-9)17-11-4-2-3-10(6-11)7-15/h2-6,8H,1H3. The summed E-state index contributed by atoms with van der Waals surface area (Å²) in [5, 5.41) is 8.79. The molecule has 2 rings (SSSR count).